The minimum Gasteiger partial charge on any atom is -0.319 e. The van der Waals surface area contributed by atoms with Crippen molar-refractivity contribution in [3.63, 3.8) is 0 Å². The zero-order valence-corrected chi connectivity index (χ0v) is 14.2. The number of halogens is 7. The van der Waals surface area contributed by atoms with Crippen LogP contribution in [0.1, 0.15) is 21.5 Å². The first-order valence-electron chi connectivity index (χ1n) is 7.89. The zero-order chi connectivity index (χ0) is 21.3. The minimum absolute atomic E-state index is 0.0100. The third-order valence-electron chi connectivity index (χ3n) is 3.87. The van der Waals surface area contributed by atoms with Crippen LogP contribution in [0.5, 0.6) is 0 Å². The number of aromatic nitrogens is 2. The molecule has 1 N–H and O–H groups in total. The Balaban J connectivity index is 1.76. The third-order valence-corrected chi connectivity index (χ3v) is 3.87. The van der Waals surface area contributed by atoms with Crippen molar-refractivity contribution in [2.24, 2.45) is 0 Å². The molecule has 0 unspecified atom stereocenters. The Morgan fingerprint density at radius 3 is 2.45 bits per heavy atom. The maximum Gasteiger partial charge on any atom is 0.416 e. The number of benzene rings is 2. The molecule has 0 radical (unpaired) electrons. The van der Waals surface area contributed by atoms with Gasteiger partial charge in [0.15, 0.2) is 17.5 Å². The molecule has 2 aromatic carbocycles. The first-order chi connectivity index (χ1) is 13.6. The summed E-state index contributed by atoms with van der Waals surface area (Å²) in [6, 6.07) is 3.88. The fourth-order valence-corrected chi connectivity index (χ4v) is 2.47. The highest BCUT2D eigenvalue weighted by Gasteiger charge is 2.31. The van der Waals surface area contributed by atoms with Crippen LogP contribution in [0, 0.1) is 23.3 Å². The van der Waals surface area contributed by atoms with E-state index in [-0.39, 0.29) is 17.3 Å². The molecule has 0 fully saturated rings. The van der Waals surface area contributed by atoms with E-state index >= 15 is 0 Å². The molecule has 1 amide bonds. The molecular formula is C18H10F7N3O. The molecule has 0 saturated carbocycles. The lowest BCUT2D eigenvalue weighted by atomic mass is 10.1. The number of hydrogen-bond donors (Lipinski definition) is 1. The van der Waals surface area contributed by atoms with Crippen LogP contribution in [0.3, 0.4) is 0 Å². The summed E-state index contributed by atoms with van der Waals surface area (Å²) in [5, 5.41) is 6.00. The van der Waals surface area contributed by atoms with Gasteiger partial charge in [0.1, 0.15) is 5.82 Å². The van der Waals surface area contributed by atoms with Crippen LogP contribution in [-0.4, -0.2) is 15.7 Å². The third kappa shape index (κ3) is 4.39. The lowest BCUT2D eigenvalue weighted by molar-refractivity contribution is -0.137. The molecule has 152 valence electrons. The Morgan fingerprint density at radius 1 is 1.03 bits per heavy atom. The average Bonchev–Trinajstić information content (AvgIpc) is 3.10. The van der Waals surface area contributed by atoms with Crippen LogP contribution in [0.25, 0.3) is 0 Å². The summed E-state index contributed by atoms with van der Waals surface area (Å²) in [7, 11) is 0. The van der Waals surface area contributed by atoms with Crippen molar-refractivity contribution in [1.29, 1.82) is 0 Å². The van der Waals surface area contributed by atoms with E-state index in [1.54, 1.807) is 0 Å². The Hall–Kier alpha value is -3.37. The van der Waals surface area contributed by atoms with Crippen molar-refractivity contribution in [2.45, 2.75) is 12.7 Å². The lowest BCUT2D eigenvalue weighted by Crippen LogP contribution is -2.13. The van der Waals surface area contributed by atoms with Crippen molar-refractivity contribution in [2.75, 3.05) is 5.32 Å². The van der Waals surface area contributed by atoms with E-state index in [4.69, 9.17) is 0 Å². The van der Waals surface area contributed by atoms with Gasteiger partial charge in [0.25, 0.3) is 5.91 Å². The number of anilines is 1. The smallest absolute Gasteiger partial charge is 0.319 e. The second kappa shape index (κ2) is 7.57. The summed E-state index contributed by atoms with van der Waals surface area (Å²) in [5.41, 5.74) is -2.06. The summed E-state index contributed by atoms with van der Waals surface area (Å²) in [6.45, 7) is -0.617. The highest BCUT2D eigenvalue weighted by Crippen LogP contribution is 2.29. The van der Waals surface area contributed by atoms with Crippen molar-refractivity contribution in [3.05, 3.63) is 82.7 Å². The Kier molecular flexibility index (Phi) is 5.31. The van der Waals surface area contributed by atoms with Crippen molar-refractivity contribution in [3.8, 4) is 0 Å². The van der Waals surface area contributed by atoms with Gasteiger partial charge in [0.05, 0.1) is 24.0 Å². The fourth-order valence-electron chi connectivity index (χ4n) is 2.47. The van der Waals surface area contributed by atoms with Crippen LogP contribution in [0.4, 0.5) is 36.4 Å². The van der Waals surface area contributed by atoms with E-state index in [9.17, 15) is 35.5 Å². The van der Waals surface area contributed by atoms with Crippen LogP contribution in [0.2, 0.25) is 0 Å². The number of rotatable bonds is 4. The van der Waals surface area contributed by atoms with E-state index in [1.165, 1.54) is 6.07 Å². The molecule has 0 aliphatic heterocycles. The van der Waals surface area contributed by atoms with E-state index in [1.807, 2.05) is 0 Å². The molecule has 0 spiro atoms. The van der Waals surface area contributed by atoms with Crippen LogP contribution in [0.15, 0.2) is 42.7 Å². The molecule has 4 nitrogen and oxygen atoms in total. The molecule has 11 heteroatoms. The van der Waals surface area contributed by atoms with Crippen LogP contribution in [-0.2, 0) is 12.7 Å². The largest absolute Gasteiger partial charge is 0.416 e. The van der Waals surface area contributed by atoms with Crippen LogP contribution < -0.4 is 5.32 Å². The maximum absolute atomic E-state index is 13.7. The number of carbonyl (C=O) groups is 1. The molecule has 0 atom stereocenters. The van der Waals surface area contributed by atoms with Gasteiger partial charge in [-0.05, 0) is 18.2 Å². The quantitative estimate of drug-likeness (QED) is 0.378. The monoisotopic (exact) mass is 417 g/mol. The summed E-state index contributed by atoms with van der Waals surface area (Å²) < 4.78 is 92.8. The van der Waals surface area contributed by atoms with Crippen LogP contribution >= 0.6 is 0 Å². The first kappa shape index (κ1) is 20.4. The van der Waals surface area contributed by atoms with E-state index < -0.39 is 53.0 Å². The van der Waals surface area contributed by atoms with Gasteiger partial charge in [-0.15, -0.1) is 0 Å². The number of nitrogens with zero attached hydrogens (tertiary/aromatic N) is 2. The summed E-state index contributed by atoms with van der Waals surface area (Å²) >= 11 is 0. The molecule has 0 aliphatic carbocycles. The highest BCUT2D eigenvalue weighted by atomic mass is 19.4. The summed E-state index contributed by atoms with van der Waals surface area (Å²) in [5.74, 6) is -7.44. The van der Waals surface area contributed by atoms with Gasteiger partial charge in [0.2, 0.25) is 0 Å². The van der Waals surface area contributed by atoms with E-state index in [0.717, 1.165) is 29.2 Å². The molecular weight excluding hydrogens is 407 g/mol. The standard InChI is InChI=1S/C18H10F7N3O/c19-13-5-14(20)16(22)15(21)12(13)8-28-7-11(6-26-28)27-17(29)9-2-1-3-10(4-9)18(23,24)25/h1-7H,8H2,(H,27,29). The van der Waals surface area contributed by atoms with E-state index in [2.05, 4.69) is 10.4 Å². The second-order valence-corrected chi connectivity index (χ2v) is 5.91. The Morgan fingerprint density at radius 2 is 1.76 bits per heavy atom. The van der Waals surface area contributed by atoms with Crippen molar-refractivity contribution >= 4 is 11.6 Å². The maximum atomic E-state index is 13.7. The summed E-state index contributed by atoms with van der Waals surface area (Å²) in [6.07, 6.45) is -2.44. The number of nitrogens with one attached hydrogen (secondary N) is 1. The molecule has 1 heterocycles. The summed E-state index contributed by atoms with van der Waals surface area (Å²) in [4.78, 5) is 12.1. The average molecular weight is 417 g/mol. The number of carbonyl (C=O) groups excluding carboxylic acids is 1. The first-order valence-corrected chi connectivity index (χ1v) is 7.89. The van der Waals surface area contributed by atoms with Gasteiger partial charge >= 0.3 is 6.18 Å². The van der Waals surface area contributed by atoms with Crippen molar-refractivity contribution in [1.82, 2.24) is 9.78 Å². The fraction of sp³-hybridized carbons (Fsp3) is 0.111. The highest BCUT2D eigenvalue weighted by molar-refractivity contribution is 6.04. The van der Waals surface area contributed by atoms with Gasteiger partial charge in [-0.3, -0.25) is 9.48 Å². The van der Waals surface area contributed by atoms with Gasteiger partial charge in [-0.2, -0.15) is 18.3 Å². The van der Waals surface area contributed by atoms with Crippen molar-refractivity contribution < 1.29 is 35.5 Å². The predicted molar refractivity (Wildman–Crippen MR) is 87.0 cm³/mol. The topological polar surface area (TPSA) is 46.9 Å². The molecule has 1 aromatic heterocycles. The van der Waals surface area contributed by atoms with E-state index in [0.29, 0.717) is 6.07 Å². The predicted octanol–water partition coefficient (Wildman–Crippen LogP) is 4.76. The Bertz CT molecular complexity index is 1080. The zero-order valence-electron chi connectivity index (χ0n) is 14.2. The van der Waals surface area contributed by atoms with Gasteiger partial charge in [-0.25, -0.2) is 17.6 Å². The normalized spacial score (nSPS) is 11.6. The Labute approximate surface area is 158 Å². The number of hydrogen-bond acceptors (Lipinski definition) is 2. The lowest BCUT2D eigenvalue weighted by Gasteiger charge is -2.08. The molecule has 0 bridgehead atoms. The minimum atomic E-state index is -4.63. The molecule has 29 heavy (non-hydrogen) atoms. The number of amides is 1. The second-order valence-electron chi connectivity index (χ2n) is 5.91. The molecule has 0 aliphatic rings. The number of alkyl halides is 3. The van der Waals surface area contributed by atoms with Gasteiger partial charge < -0.3 is 5.32 Å². The SMILES string of the molecule is O=C(Nc1cnn(Cc2c(F)cc(F)c(F)c2F)c1)c1cccc(C(F)(F)F)c1. The molecule has 0 saturated heterocycles. The van der Waals surface area contributed by atoms with Gasteiger partial charge in [0, 0.05) is 23.4 Å². The van der Waals surface area contributed by atoms with Gasteiger partial charge in [-0.1, -0.05) is 6.07 Å². The molecule has 3 rings (SSSR count). The molecule has 3 aromatic rings.